The number of aromatic nitrogens is 1. The highest BCUT2D eigenvalue weighted by Gasteiger charge is 2.27. The number of benzene rings is 2. The van der Waals surface area contributed by atoms with Crippen LogP contribution in [-0.4, -0.2) is 84.6 Å². The van der Waals surface area contributed by atoms with Gasteiger partial charge in [0.1, 0.15) is 11.6 Å². The Kier molecular flexibility index (Phi) is 9.22. The number of hydrogen-bond donors (Lipinski definition) is 0. The Labute approximate surface area is 220 Å². The zero-order valence-corrected chi connectivity index (χ0v) is 22.8. The summed E-state index contributed by atoms with van der Waals surface area (Å²) in [6, 6.07) is 12.8. The van der Waals surface area contributed by atoms with Gasteiger partial charge in [-0.05, 0) is 75.3 Å². The molecule has 1 saturated heterocycles. The maximum atomic E-state index is 13.8. The first-order valence-corrected chi connectivity index (χ1v) is 13.6. The Bertz CT molecular complexity index is 1180. The van der Waals surface area contributed by atoms with Gasteiger partial charge < -0.3 is 19.1 Å². The van der Waals surface area contributed by atoms with Gasteiger partial charge in [-0.15, -0.1) is 0 Å². The van der Waals surface area contributed by atoms with E-state index in [2.05, 4.69) is 41.2 Å². The summed E-state index contributed by atoms with van der Waals surface area (Å²) in [5.41, 5.74) is 4.07. The SMILES string of the molecule is CCN(CC)CCCn1c(C)c(C(=O)N2CCN(CCc3ccc(F)cc3)CC2)c2cc(OC)ccc21. The predicted molar refractivity (Wildman–Crippen MR) is 148 cm³/mol. The number of rotatable bonds is 11. The molecule has 4 rings (SSSR count). The van der Waals surface area contributed by atoms with E-state index in [9.17, 15) is 9.18 Å². The van der Waals surface area contributed by atoms with E-state index in [1.807, 2.05) is 29.2 Å². The predicted octanol–water partition coefficient (Wildman–Crippen LogP) is 4.83. The molecular formula is C30H41FN4O2. The molecule has 7 heteroatoms. The molecule has 3 aromatic rings. The summed E-state index contributed by atoms with van der Waals surface area (Å²) < 4.78 is 21.0. The van der Waals surface area contributed by atoms with Crippen molar-refractivity contribution < 1.29 is 13.9 Å². The van der Waals surface area contributed by atoms with Gasteiger partial charge in [0.25, 0.3) is 5.91 Å². The second-order valence-corrected chi connectivity index (χ2v) is 9.89. The average Bonchev–Trinajstić information content (AvgIpc) is 3.20. The fourth-order valence-electron chi connectivity index (χ4n) is 5.41. The molecule has 0 saturated carbocycles. The second kappa shape index (κ2) is 12.6. The van der Waals surface area contributed by atoms with Crippen molar-refractivity contribution >= 4 is 16.8 Å². The molecule has 1 aromatic heterocycles. The van der Waals surface area contributed by atoms with E-state index in [4.69, 9.17) is 4.74 Å². The summed E-state index contributed by atoms with van der Waals surface area (Å²) >= 11 is 0. The Morgan fingerprint density at radius 3 is 2.35 bits per heavy atom. The van der Waals surface area contributed by atoms with Gasteiger partial charge >= 0.3 is 0 Å². The van der Waals surface area contributed by atoms with Gasteiger partial charge in [-0.3, -0.25) is 9.69 Å². The quantitative estimate of drug-likeness (QED) is 0.372. The van der Waals surface area contributed by atoms with Gasteiger partial charge in [-0.2, -0.15) is 0 Å². The summed E-state index contributed by atoms with van der Waals surface area (Å²) in [7, 11) is 1.67. The molecule has 0 bridgehead atoms. The molecule has 0 unspecified atom stereocenters. The van der Waals surface area contributed by atoms with E-state index in [0.29, 0.717) is 13.1 Å². The molecule has 0 N–H and O–H groups in total. The van der Waals surface area contributed by atoms with E-state index in [0.717, 1.165) is 92.1 Å². The molecule has 2 aromatic carbocycles. The third-order valence-electron chi connectivity index (χ3n) is 7.78. The Hall–Kier alpha value is -2.90. The average molecular weight is 509 g/mol. The van der Waals surface area contributed by atoms with Crippen LogP contribution in [0, 0.1) is 12.7 Å². The van der Waals surface area contributed by atoms with Crippen molar-refractivity contribution in [1.82, 2.24) is 19.3 Å². The maximum Gasteiger partial charge on any atom is 0.256 e. The van der Waals surface area contributed by atoms with Crippen LogP contribution < -0.4 is 4.74 Å². The number of methoxy groups -OCH3 is 1. The van der Waals surface area contributed by atoms with Crippen LogP contribution in [0.1, 0.15) is 41.9 Å². The number of carbonyl (C=O) groups is 1. The first kappa shape index (κ1) is 27.1. The molecule has 1 aliphatic heterocycles. The van der Waals surface area contributed by atoms with Crippen LogP contribution >= 0.6 is 0 Å². The number of halogens is 1. The monoisotopic (exact) mass is 508 g/mol. The van der Waals surface area contributed by atoms with Crippen LogP contribution in [-0.2, 0) is 13.0 Å². The van der Waals surface area contributed by atoms with E-state index < -0.39 is 0 Å². The molecule has 6 nitrogen and oxygen atoms in total. The fraction of sp³-hybridized carbons (Fsp3) is 0.500. The van der Waals surface area contributed by atoms with Crippen LogP contribution in [0.3, 0.4) is 0 Å². The lowest BCUT2D eigenvalue weighted by Gasteiger charge is -2.35. The number of ether oxygens (including phenoxy) is 1. The van der Waals surface area contributed by atoms with Gasteiger partial charge in [-0.1, -0.05) is 26.0 Å². The summed E-state index contributed by atoms with van der Waals surface area (Å²) in [6.07, 6.45) is 1.92. The first-order chi connectivity index (χ1) is 17.9. The van der Waals surface area contributed by atoms with Crippen LogP contribution in [0.2, 0.25) is 0 Å². The largest absolute Gasteiger partial charge is 0.497 e. The molecule has 200 valence electrons. The number of aryl methyl sites for hydroxylation is 1. The molecule has 0 radical (unpaired) electrons. The van der Waals surface area contributed by atoms with Gasteiger partial charge in [0, 0.05) is 55.9 Å². The minimum atomic E-state index is -0.200. The van der Waals surface area contributed by atoms with Crippen LogP contribution in [0.4, 0.5) is 4.39 Å². The third-order valence-corrected chi connectivity index (χ3v) is 7.78. The Balaban J connectivity index is 1.46. The third kappa shape index (κ3) is 6.33. The summed E-state index contributed by atoms with van der Waals surface area (Å²) in [5, 5.41) is 0.975. The number of hydrogen-bond acceptors (Lipinski definition) is 4. The van der Waals surface area contributed by atoms with Crippen LogP contribution in [0.15, 0.2) is 42.5 Å². The molecule has 2 heterocycles. The summed E-state index contributed by atoms with van der Waals surface area (Å²) in [4.78, 5) is 20.7. The smallest absolute Gasteiger partial charge is 0.256 e. The minimum Gasteiger partial charge on any atom is -0.497 e. The van der Waals surface area contributed by atoms with Crippen LogP contribution in [0.25, 0.3) is 10.9 Å². The van der Waals surface area contributed by atoms with Crippen molar-refractivity contribution in [2.75, 3.05) is 59.5 Å². The van der Waals surface area contributed by atoms with Crippen LogP contribution in [0.5, 0.6) is 5.75 Å². The minimum absolute atomic E-state index is 0.108. The van der Waals surface area contributed by atoms with Crippen molar-refractivity contribution in [3.8, 4) is 5.75 Å². The van der Waals surface area contributed by atoms with Gasteiger partial charge in [0.2, 0.25) is 0 Å². The standard InChI is InChI=1S/C30H41FN4O2/c1-5-32(6-2)15-7-16-35-23(3)29(27-22-26(37-4)12-13-28(27)35)30(36)34-20-18-33(19-21-34)17-14-24-8-10-25(31)11-9-24/h8-13,22H,5-7,14-21H2,1-4H3. The molecule has 1 fully saturated rings. The Morgan fingerprint density at radius 2 is 1.70 bits per heavy atom. The van der Waals surface area contributed by atoms with Crippen molar-refractivity contribution in [2.45, 2.75) is 40.2 Å². The van der Waals surface area contributed by atoms with Crippen molar-refractivity contribution in [1.29, 1.82) is 0 Å². The highest BCUT2D eigenvalue weighted by Crippen LogP contribution is 2.31. The normalized spacial score (nSPS) is 14.6. The maximum absolute atomic E-state index is 13.8. The molecule has 1 aliphatic rings. The zero-order valence-electron chi connectivity index (χ0n) is 22.8. The van der Waals surface area contributed by atoms with E-state index in [1.54, 1.807) is 7.11 Å². The lowest BCUT2D eigenvalue weighted by Crippen LogP contribution is -2.49. The van der Waals surface area contributed by atoms with Crippen molar-refractivity contribution in [3.05, 3.63) is 65.1 Å². The van der Waals surface area contributed by atoms with E-state index >= 15 is 0 Å². The van der Waals surface area contributed by atoms with Gasteiger partial charge in [-0.25, -0.2) is 4.39 Å². The fourth-order valence-corrected chi connectivity index (χ4v) is 5.41. The number of nitrogens with zero attached hydrogens (tertiary/aromatic N) is 4. The molecule has 0 aliphatic carbocycles. The summed E-state index contributed by atoms with van der Waals surface area (Å²) in [5.74, 6) is 0.679. The highest BCUT2D eigenvalue weighted by molar-refractivity contribution is 6.08. The molecule has 0 spiro atoms. The number of fused-ring (bicyclic) bond motifs is 1. The van der Waals surface area contributed by atoms with E-state index in [1.165, 1.54) is 12.1 Å². The Morgan fingerprint density at radius 1 is 1.00 bits per heavy atom. The summed E-state index contributed by atoms with van der Waals surface area (Å²) in [6.45, 7) is 14.5. The first-order valence-electron chi connectivity index (χ1n) is 13.6. The number of carbonyl (C=O) groups excluding carboxylic acids is 1. The lowest BCUT2D eigenvalue weighted by atomic mass is 10.1. The number of amides is 1. The van der Waals surface area contributed by atoms with E-state index in [-0.39, 0.29) is 11.7 Å². The molecule has 37 heavy (non-hydrogen) atoms. The zero-order chi connectivity index (χ0) is 26.4. The molecule has 0 atom stereocenters. The van der Waals surface area contributed by atoms with Crippen molar-refractivity contribution in [3.63, 3.8) is 0 Å². The lowest BCUT2D eigenvalue weighted by molar-refractivity contribution is 0.0639. The second-order valence-electron chi connectivity index (χ2n) is 9.89. The van der Waals surface area contributed by atoms with Gasteiger partial charge in [0.15, 0.2) is 0 Å². The van der Waals surface area contributed by atoms with Crippen molar-refractivity contribution in [2.24, 2.45) is 0 Å². The molecule has 1 amide bonds. The topological polar surface area (TPSA) is 41.0 Å². The molecular weight excluding hydrogens is 467 g/mol. The highest BCUT2D eigenvalue weighted by atomic mass is 19.1. The van der Waals surface area contributed by atoms with Gasteiger partial charge in [0.05, 0.1) is 12.7 Å². The number of piperazine rings is 1.